The summed E-state index contributed by atoms with van der Waals surface area (Å²) in [5.41, 5.74) is 0. The molecule has 0 saturated heterocycles. The van der Waals surface area contributed by atoms with Crippen molar-refractivity contribution in [2.75, 3.05) is 6.54 Å². The van der Waals surface area contributed by atoms with Crippen molar-refractivity contribution in [2.24, 2.45) is 5.92 Å². The molecular weight excluding hydrogens is 158 g/mol. The van der Waals surface area contributed by atoms with Crippen LogP contribution in [0.4, 0.5) is 0 Å². The van der Waals surface area contributed by atoms with Crippen LogP contribution in [0.1, 0.15) is 57.8 Å². The highest BCUT2D eigenvalue weighted by atomic mass is 14.9. The van der Waals surface area contributed by atoms with Crippen molar-refractivity contribution in [1.29, 1.82) is 0 Å². The first-order chi connectivity index (χ1) is 6.45. The summed E-state index contributed by atoms with van der Waals surface area (Å²) < 4.78 is 0. The van der Waals surface area contributed by atoms with Gasteiger partial charge in [-0.05, 0) is 38.1 Å². The molecule has 2 saturated carbocycles. The van der Waals surface area contributed by atoms with Crippen LogP contribution in [0.3, 0.4) is 0 Å². The highest BCUT2D eigenvalue weighted by Gasteiger charge is 2.22. The predicted molar refractivity (Wildman–Crippen MR) is 56.8 cm³/mol. The van der Waals surface area contributed by atoms with Gasteiger partial charge >= 0.3 is 0 Å². The highest BCUT2D eigenvalue weighted by molar-refractivity contribution is 4.78. The Bertz CT molecular complexity index is 132. The molecule has 0 spiro atoms. The quantitative estimate of drug-likeness (QED) is 0.705. The third-order valence-electron chi connectivity index (χ3n) is 3.50. The lowest BCUT2D eigenvalue weighted by Crippen LogP contribution is -2.31. The molecule has 0 heterocycles. The Morgan fingerprint density at radius 2 is 1.38 bits per heavy atom. The van der Waals surface area contributed by atoms with E-state index in [2.05, 4.69) is 5.32 Å². The maximum absolute atomic E-state index is 3.75. The molecule has 0 amide bonds. The van der Waals surface area contributed by atoms with E-state index in [1.54, 1.807) is 0 Å². The van der Waals surface area contributed by atoms with Crippen LogP contribution in [0.2, 0.25) is 0 Å². The van der Waals surface area contributed by atoms with Gasteiger partial charge in [-0.3, -0.25) is 0 Å². The third kappa shape index (κ3) is 3.68. The van der Waals surface area contributed by atoms with Crippen LogP contribution in [0, 0.1) is 5.92 Å². The number of hydrogen-bond acceptors (Lipinski definition) is 1. The Kier molecular flexibility index (Phi) is 3.65. The van der Waals surface area contributed by atoms with Crippen LogP contribution in [0.15, 0.2) is 0 Å². The second-order valence-corrected chi connectivity index (χ2v) is 4.89. The zero-order valence-corrected chi connectivity index (χ0v) is 8.73. The van der Waals surface area contributed by atoms with Crippen molar-refractivity contribution >= 4 is 0 Å². The molecule has 2 rings (SSSR count). The van der Waals surface area contributed by atoms with E-state index in [1.807, 2.05) is 0 Å². The first-order valence-corrected chi connectivity index (χ1v) is 6.18. The predicted octanol–water partition coefficient (Wildman–Crippen LogP) is 3.10. The molecule has 2 aliphatic rings. The molecule has 0 aliphatic heterocycles. The summed E-state index contributed by atoms with van der Waals surface area (Å²) in [5.74, 6) is 1.05. The molecule has 0 radical (unpaired) electrons. The van der Waals surface area contributed by atoms with Crippen LogP contribution >= 0.6 is 0 Å². The molecule has 1 nitrogen and oxygen atoms in total. The van der Waals surface area contributed by atoms with Gasteiger partial charge in [0.25, 0.3) is 0 Å². The summed E-state index contributed by atoms with van der Waals surface area (Å²) in [7, 11) is 0. The van der Waals surface area contributed by atoms with Gasteiger partial charge in [-0.2, -0.15) is 0 Å². The minimum absolute atomic E-state index is 0.862. The largest absolute Gasteiger partial charge is 0.314 e. The molecule has 0 aromatic carbocycles. The smallest absolute Gasteiger partial charge is 0.00671 e. The van der Waals surface area contributed by atoms with Crippen molar-refractivity contribution < 1.29 is 0 Å². The van der Waals surface area contributed by atoms with Crippen molar-refractivity contribution in [3.8, 4) is 0 Å². The van der Waals surface area contributed by atoms with Gasteiger partial charge in [0.15, 0.2) is 0 Å². The van der Waals surface area contributed by atoms with Gasteiger partial charge in [-0.15, -0.1) is 0 Å². The summed E-state index contributed by atoms with van der Waals surface area (Å²) in [5, 5.41) is 3.75. The Morgan fingerprint density at radius 1 is 0.769 bits per heavy atom. The van der Waals surface area contributed by atoms with Gasteiger partial charge in [0.2, 0.25) is 0 Å². The van der Waals surface area contributed by atoms with Crippen molar-refractivity contribution in [2.45, 2.75) is 63.8 Å². The zero-order chi connectivity index (χ0) is 8.93. The van der Waals surface area contributed by atoms with Crippen LogP contribution in [-0.2, 0) is 0 Å². The lowest BCUT2D eigenvalue weighted by molar-refractivity contribution is 0.385. The lowest BCUT2D eigenvalue weighted by atomic mass is 9.97. The second-order valence-electron chi connectivity index (χ2n) is 4.89. The molecule has 76 valence electrons. The Morgan fingerprint density at radius 3 is 2.00 bits per heavy atom. The zero-order valence-electron chi connectivity index (χ0n) is 8.73. The van der Waals surface area contributed by atoms with E-state index in [9.17, 15) is 0 Å². The van der Waals surface area contributed by atoms with Crippen molar-refractivity contribution in [1.82, 2.24) is 5.32 Å². The minimum Gasteiger partial charge on any atom is -0.314 e. The van der Waals surface area contributed by atoms with E-state index in [0.29, 0.717) is 0 Å². The van der Waals surface area contributed by atoms with E-state index in [4.69, 9.17) is 0 Å². The van der Waals surface area contributed by atoms with Gasteiger partial charge in [0, 0.05) is 6.04 Å². The van der Waals surface area contributed by atoms with Crippen LogP contribution in [-0.4, -0.2) is 12.6 Å². The monoisotopic (exact) mass is 181 g/mol. The molecule has 13 heavy (non-hydrogen) atoms. The summed E-state index contributed by atoms with van der Waals surface area (Å²) >= 11 is 0. The van der Waals surface area contributed by atoms with E-state index in [-0.39, 0.29) is 0 Å². The van der Waals surface area contributed by atoms with E-state index < -0.39 is 0 Å². The average Bonchev–Trinajstić information content (AvgIpc) is 2.85. The fourth-order valence-corrected chi connectivity index (χ4v) is 2.32. The van der Waals surface area contributed by atoms with Crippen LogP contribution < -0.4 is 5.32 Å². The summed E-state index contributed by atoms with van der Waals surface area (Å²) in [6.45, 7) is 1.31. The maximum Gasteiger partial charge on any atom is 0.00671 e. The number of nitrogens with one attached hydrogen (secondary N) is 1. The normalized spacial score (nSPS) is 26.8. The average molecular weight is 181 g/mol. The van der Waals surface area contributed by atoms with Gasteiger partial charge in [-0.1, -0.05) is 32.1 Å². The molecule has 0 atom stereocenters. The summed E-state index contributed by atoms with van der Waals surface area (Å²) in [6, 6.07) is 0.862. The fraction of sp³-hybridized carbons (Fsp3) is 1.00. The highest BCUT2D eigenvalue weighted by Crippen LogP contribution is 2.28. The van der Waals surface area contributed by atoms with Crippen LogP contribution in [0.25, 0.3) is 0 Å². The first kappa shape index (κ1) is 9.51. The molecule has 0 bridgehead atoms. The van der Waals surface area contributed by atoms with E-state index in [0.717, 1.165) is 12.0 Å². The number of hydrogen-bond donors (Lipinski definition) is 1. The van der Waals surface area contributed by atoms with Crippen LogP contribution in [0.5, 0.6) is 0 Å². The first-order valence-electron chi connectivity index (χ1n) is 6.18. The molecule has 2 fully saturated rings. The van der Waals surface area contributed by atoms with Crippen molar-refractivity contribution in [3.05, 3.63) is 0 Å². The topological polar surface area (TPSA) is 12.0 Å². The molecule has 1 N–H and O–H groups in total. The summed E-state index contributed by atoms with van der Waals surface area (Å²) in [6.07, 6.45) is 13.2. The Hall–Kier alpha value is -0.0400. The standard InChI is InChI=1S/C12H23N/c1-2-4-6-12(7-5-3-1)13-10-11-8-9-11/h11-13H,1-10H2. The fourth-order valence-electron chi connectivity index (χ4n) is 2.32. The third-order valence-corrected chi connectivity index (χ3v) is 3.50. The van der Waals surface area contributed by atoms with Gasteiger partial charge in [0.1, 0.15) is 0 Å². The number of rotatable bonds is 3. The summed E-state index contributed by atoms with van der Waals surface area (Å²) in [4.78, 5) is 0. The SMILES string of the molecule is C1CCCC(NCC2CC2)CCC1. The van der Waals surface area contributed by atoms with E-state index in [1.165, 1.54) is 64.3 Å². The molecule has 0 aromatic rings. The Balaban J connectivity index is 1.62. The van der Waals surface area contributed by atoms with Gasteiger partial charge in [0.05, 0.1) is 0 Å². The maximum atomic E-state index is 3.75. The van der Waals surface area contributed by atoms with Gasteiger partial charge < -0.3 is 5.32 Å². The molecule has 2 aliphatic carbocycles. The van der Waals surface area contributed by atoms with Crippen molar-refractivity contribution in [3.63, 3.8) is 0 Å². The molecule has 0 aromatic heterocycles. The van der Waals surface area contributed by atoms with E-state index >= 15 is 0 Å². The second kappa shape index (κ2) is 4.99. The van der Waals surface area contributed by atoms with Gasteiger partial charge in [-0.25, -0.2) is 0 Å². The Labute approximate surface area is 82.3 Å². The molecular formula is C12H23N. The molecule has 1 heteroatoms. The molecule has 0 unspecified atom stereocenters. The lowest BCUT2D eigenvalue weighted by Gasteiger charge is -2.20. The minimum atomic E-state index is 0.862.